The smallest absolute Gasteiger partial charge is 0.314 e. The van der Waals surface area contributed by atoms with Crippen molar-refractivity contribution in [1.82, 2.24) is 15.0 Å². The molecule has 9 heteroatoms. The summed E-state index contributed by atoms with van der Waals surface area (Å²) in [6.45, 7) is 0.528. The van der Waals surface area contributed by atoms with Crippen molar-refractivity contribution in [3.63, 3.8) is 0 Å². The molecule has 1 aromatic carbocycles. The summed E-state index contributed by atoms with van der Waals surface area (Å²) < 4.78 is 5.96. The third kappa shape index (κ3) is 3.28. The Morgan fingerprint density at radius 3 is 2.78 bits per heavy atom. The van der Waals surface area contributed by atoms with Crippen molar-refractivity contribution in [2.24, 2.45) is 0 Å². The lowest BCUT2D eigenvalue weighted by Crippen LogP contribution is -2.31. The molecule has 1 aliphatic carbocycles. The summed E-state index contributed by atoms with van der Waals surface area (Å²) >= 11 is 0. The van der Waals surface area contributed by atoms with Gasteiger partial charge >= 0.3 is 11.1 Å². The van der Waals surface area contributed by atoms with Crippen molar-refractivity contribution in [2.45, 2.75) is 31.8 Å². The van der Waals surface area contributed by atoms with E-state index < -0.39 is 16.0 Å². The molecule has 4 rings (SSSR count). The Hall–Kier alpha value is -3.20. The number of ether oxygens (including phenoxy) is 1. The molecule has 0 saturated heterocycles. The van der Waals surface area contributed by atoms with Crippen molar-refractivity contribution in [2.75, 3.05) is 6.61 Å². The summed E-state index contributed by atoms with van der Waals surface area (Å²) in [5, 5.41) is 11.5. The van der Waals surface area contributed by atoms with Crippen molar-refractivity contribution < 1.29 is 9.66 Å². The number of nitro groups is 1. The van der Waals surface area contributed by atoms with Gasteiger partial charge in [0.05, 0.1) is 28.7 Å². The number of hydrogen-bond acceptors (Lipinski definition) is 5. The molecule has 9 nitrogen and oxygen atoms in total. The van der Waals surface area contributed by atoms with Gasteiger partial charge in [-0.1, -0.05) is 0 Å². The third-order valence-corrected chi connectivity index (χ3v) is 4.95. The van der Waals surface area contributed by atoms with Gasteiger partial charge in [0.2, 0.25) is 0 Å². The van der Waals surface area contributed by atoms with Crippen LogP contribution >= 0.6 is 0 Å². The van der Waals surface area contributed by atoms with Crippen LogP contribution in [-0.4, -0.2) is 32.6 Å². The van der Waals surface area contributed by atoms with E-state index in [1.807, 2.05) is 18.3 Å². The maximum Gasteiger partial charge on any atom is 0.314 e. The average molecular weight is 370 g/mol. The molecule has 1 atom stereocenters. The molecule has 0 saturated carbocycles. The first kappa shape index (κ1) is 17.2. The van der Waals surface area contributed by atoms with Crippen LogP contribution in [0.5, 0.6) is 0 Å². The van der Waals surface area contributed by atoms with Crippen LogP contribution in [0.25, 0.3) is 11.0 Å². The predicted molar refractivity (Wildman–Crippen MR) is 98.1 cm³/mol. The van der Waals surface area contributed by atoms with Gasteiger partial charge < -0.3 is 19.7 Å². The van der Waals surface area contributed by atoms with E-state index in [-0.39, 0.29) is 17.3 Å². The largest absolute Gasteiger partial charge is 0.377 e. The Bertz CT molecular complexity index is 1110. The summed E-state index contributed by atoms with van der Waals surface area (Å²) in [5.41, 5.74) is 1.41. The molecule has 1 aliphatic rings. The highest BCUT2D eigenvalue weighted by Crippen LogP contribution is 2.34. The molecular formula is C18H18N4O5. The van der Waals surface area contributed by atoms with Crippen molar-refractivity contribution in [1.29, 1.82) is 0 Å². The van der Waals surface area contributed by atoms with Crippen molar-refractivity contribution >= 4 is 16.7 Å². The molecule has 2 aromatic heterocycles. The van der Waals surface area contributed by atoms with Gasteiger partial charge in [0.25, 0.3) is 5.69 Å². The van der Waals surface area contributed by atoms with Crippen LogP contribution in [0.1, 0.15) is 23.2 Å². The summed E-state index contributed by atoms with van der Waals surface area (Å²) in [7, 11) is 0. The van der Waals surface area contributed by atoms with Gasteiger partial charge in [-0.3, -0.25) is 19.7 Å². The first-order chi connectivity index (χ1) is 13.0. The highest BCUT2D eigenvalue weighted by molar-refractivity contribution is 5.83. The molecule has 3 aromatic rings. The molecule has 0 radical (unpaired) electrons. The van der Waals surface area contributed by atoms with Crippen LogP contribution < -0.4 is 11.1 Å². The van der Waals surface area contributed by atoms with Gasteiger partial charge in [-0.15, -0.1) is 0 Å². The Morgan fingerprint density at radius 1 is 1.22 bits per heavy atom. The Kier molecular flexibility index (Phi) is 4.36. The zero-order valence-electron chi connectivity index (χ0n) is 14.4. The molecule has 3 N–H and O–H groups in total. The standard InChI is InChI=1S/C18H18N4O5/c23-17-18(24)21-16-13-8-11(27-7-5-10-2-1-6-19-10)3-4-12(13)15(22(25)26)9-14(16)20-17/h1-2,6,9,11,19H,3-5,7-8H2,(H,20,23)(H,21,24). The predicted octanol–water partition coefficient (Wildman–Crippen LogP) is 1.57. The number of nitrogens with one attached hydrogen (secondary N) is 3. The quantitative estimate of drug-likeness (QED) is 0.356. The number of aromatic amines is 3. The molecule has 0 bridgehead atoms. The van der Waals surface area contributed by atoms with E-state index in [9.17, 15) is 19.7 Å². The number of aromatic nitrogens is 3. The van der Waals surface area contributed by atoms with E-state index in [2.05, 4.69) is 15.0 Å². The van der Waals surface area contributed by atoms with E-state index in [0.717, 1.165) is 12.1 Å². The second kappa shape index (κ2) is 6.84. The topological polar surface area (TPSA) is 134 Å². The molecule has 0 aliphatic heterocycles. The van der Waals surface area contributed by atoms with Gasteiger partial charge in [-0.05, 0) is 30.5 Å². The second-order valence-electron chi connectivity index (χ2n) is 6.62. The van der Waals surface area contributed by atoms with E-state index >= 15 is 0 Å². The number of hydrogen-bond donors (Lipinski definition) is 3. The molecular weight excluding hydrogens is 352 g/mol. The van der Waals surface area contributed by atoms with Crippen LogP contribution in [0.3, 0.4) is 0 Å². The van der Waals surface area contributed by atoms with Crippen LogP contribution in [0.2, 0.25) is 0 Å². The summed E-state index contributed by atoms with van der Waals surface area (Å²) in [6.07, 6.45) is 4.09. The van der Waals surface area contributed by atoms with E-state index in [4.69, 9.17) is 4.74 Å². The Labute approximate surface area is 152 Å². The first-order valence-electron chi connectivity index (χ1n) is 8.72. The molecule has 0 fully saturated rings. The lowest BCUT2D eigenvalue weighted by atomic mass is 9.87. The van der Waals surface area contributed by atoms with Gasteiger partial charge in [0.15, 0.2) is 0 Å². The minimum Gasteiger partial charge on any atom is -0.377 e. The number of H-pyrrole nitrogens is 3. The molecule has 27 heavy (non-hydrogen) atoms. The highest BCUT2D eigenvalue weighted by Gasteiger charge is 2.29. The lowest BCUT2D eigenvalue weighted by molar-refractivity contribution is -0.385. The molecule has 1 unspecified atom stereocenters. The SMILES string of the molecule is O=c1[nH]c2cc([N+](=O)[O-])c3c(c2[nH]c1=O)CC(OCCc1ccc[nH]1)CC3. The summed E-state index contributed by atoms with van der Waals surface area (Å²) in [6, 6.07) is 5.23. The number of rotatable bonds is 5. The number of benzene rings is 1. The van der Waals surface area contributed by atoms with Crippen molar-refractivity contribution in [3.8, 4) is 0 Å². The number of nitro benzene ring substituents is 1. The zero-order chi connectivity index (χ0) is 19.0. The van der Waals surface area contributed by atoms with Gasteiger partial charge in [-0.2, -0.15) is 0 Å². The summed E-state index contributed by atoms with van der Waals surface area (Å²) in [4.78, 5) is 42.5. The van der Waals surface area contributed by atoms with Gasteiger partial charge in [0.1, 0.15) is 0 Å². The fourth-order valence-electron chi connectivity index (χ4n) is 3.66. The van der Waals surface area contributed by atoms with Crippen molar-refractivity contribution in [3.05, 3.63) is 72.0 Å². The minimum absolute atomic E-state index is 0.0370. The maximum absolute atomic E-state index is 11.8. The van der Waals surface area contributed by atoms with Crippen LogP contribution in [0, 0.1) is 10.1 Å². The zero-order valence-corrected chi connectivity index (χ0v) is 14.4. The highest BCUT2D eigenvalue weighted by atomic mass is 16.6. The van der Waals surface area contributed by atoms with Crippen LogP contribution in [0.4, 0.5) is 5.69 Å². The average Bonchev–Trinajstić information content (AvgIpc) is 3.15. The normalized spacial score (nSPS) is 16.4. The Morgan fingerprint density at radius 2 is 2.04 bits per heavy atom. The molecule has 140 valence electrons. The second-order valence-corrected chi connectivity index (χ2v) is 6.62. The van der Waals surface area contributed by atoms with Crippen LogP contribution in [0.15, 0.2) is 34.0 Å². The van der Waals surface area contributed by atoms with Gasteiger partial charge in [-0.25, -0.2) is 0 Å². The number of fused-ring (bicyclic) bond motifs is 3. The van der Waals surface area contributed by atoms with E-state index in [1.54, 1.807) is 0 Å². The fraction of sp³-hybridized carbons (Fsp3) is 0.333. The fourth-order valence-corrected chi connectivity index (χ4v) is 3.66. The van der Waals surface area contributed by atoms with Gasteiger partial charge in [0, 0.05) is 36.4 Å². The summed E-state index contributed by atoms with van der Waals surface area (Å²) in [5.74, 6) is 0. The first-order valence-corrected chi connectivity index (χ1v) is 8.72. The third-order valence-electron chi connectivity index (χ3n) is 4.95. The minimum atomic E-state index is -0.827. The molecule has 0 amide bonds. The monoisotopic (exact) mass is 370 g/mol. The molecule has 0 spiro atoms. The number of nitrogens with zero attached hydrogens (tertiary/aromatic N) is 1. The van der Waals surface area contributed by atoms with E-state index in [1.165, 1.54) is 6.07 Å². The lowest BCUT2D eigenvalue weighted by Gasteiger charge is -2.25. The van der Waals surface area contributed by atoms with E-state index in [0.29, 0.717) is 42.5 Å². The molecule has 2 heterocycles. The Balaban J connectivity index is 1.66. The van der Waals surface area contributed by atoms with Crippen LogP contribution in [-0.2, 0) is 24.0 Å². The maximum atomic E-state index is 11.8.